The van der Waals surface area contributed by atoms with Crippen LogP contribution in [0.4, 0.5) is 24.5 Å². The summed E-state index contributed by atoms with van der Waals surface area (Å²) in [6.07, 6.45) is -3.68. The van der Waals surface area contributed by atoms with Gasteiger partial charge >= 0.3 is 6.18 Å². The molecule has 0 saturated carbocycles. The summed E-state index contributed by atoms with van der Waals surface area (Å²) in [5.41, 5.74) is 6.44. The second kappa shape index (κ2) is 8.02. The molecule has 0 fully saturated rings. The number of nitrogens with one attached hydrogen (secondary N) is 2. The molecule has 0 aliphatic rings. The Hall–Kier alpha value is -2.54. The van der Waals surface area contributed by atoms with E-state index in [0.717, 1.165) is 24.1 Å². The first kappa shape index (κ1) is 18.8. The Morgan fingerprint density at radius 2 is 1.76 bits per heavy atom. The van der Waals surface area contributed by atoms with Gasteiger partial charge in [-0.25, -0.2) is 0 Å². The van der Waals surface area contributed by atoms with E-state index in [4.69, 9.17) is 5.73 Å². The van der Waals surface area contributed by atoms with Gasteiger partial charge < -0.3 is 16.4 Å². The van der Waals surface area contributed by atoms with E-state index < -0.39 is 17.6 Å². The number of hydrogen-bond acceptors (Lipinski definition) is 3. The van der Waals surface area contributed by atoms with Crippen molar-refractivity contribution in [1.82, 2.24) is 0 Å². The third kappa shape index (κ3) is 4.96. The molecule has 1 amide bonds. The normalized spacial score (nSPS) is 11.2. The largest absolute Gasteiger partial charge is 0.416 e. The summed E-state index contributed by atoms with van der Waals surface area (Å²) in [5, 5.41) is 5.57. The molecule has 0 atom stereocenters. The number of alkyl halides is 3. The molecule has 0 aliphatic heterocycles. The molecule has 25 heavy (non-hydrogen) atoms. The molecule has 4 nitrogen and oxygen atoms in total. The molecule has 0 aliphatic carbocycles. The van der Waals surface area contributed by atoms with E-state index in [-0.39, 0.29) is 5.69 Å². The van der Waals surface area contributed by atoms with Crippen LogP contribution < -0.4 is 16.4 Å². The second-order valence-electron chi connectivity index (χ2n) is 5.54. The van der Waals surface area contributed by atoms with Gasteiger partial charge in [0.1, 0.15) is 0 Å². The van der Waals surface area contributed by atoms with E-state index in [2.05, 4.69) is 10.6 Å². The molecule has 7 heteroatoms. The third-order valence-electron chi connectivity index (χ3n) is 3.61. The second-order valence-corrected chi connectivity index (χ2v) is 5.54. The van der Waals surface area contributed by atoms with Crippen molar-refractivity contribution in [3.63, 3.8) is 0 Å². The van der Waals surface area contributed by atoms with Crippen molar-refractivity contribution in [3.05, 3.63) is 59.2 Å². The predicted octanol–water partition coefficient (Wildman–Crippen LogP) is 4.24. The Morgan fingerprint density at radius 3 is 2.32 bits per heavy atom. The van der Waals surface area contributed by atoms with Gasteiger partial charge in [0.25, 0.3) is 5.91 Å². The van der Waals surface area contributed by atoms with Crippen molar-refractivity contribution in [1.29, 1.82) is 0 Å². The van der Waals surface area contributed by atoms with Gasteiger partial charge in [-0.2, -0.15) is 13.2 Å². The lowest BCUT2D eigenvalue weighted by atomic mass is 10.1. The summed E-state index contributed by atoms with van der Waals surface area (Å²) in [5.74, 6) is -0.484. The maximum Gasteiger partial charge on any atom is 0.416 e. The molecular formula is C18H20F3N3O. The molecule has 2 aromatic carbocycles. The highest BCUT2D eigenvalue weighted by Crippen LogP contribution is 2.34. The van der Waals surface area contributed by atoms with E-state index in [9.17, 15) is 18.0 Å². The maximum absolute atomic E-state index is 13.0. The Labute approximate surface area is 144 Å². The zero-order valence-corrected chi connectivity index (χ0v) is 13.8. The van der Waals surface area contributed by atoms with E-state index in [1.54, 1.807) is 24.3 Å². The summed E-state index contributed by atoms with van der Waals surface area (Å²) < 4.78 is 38.9. The van der Waals surface area contributed by atoms with Gasteiger partial charge in [0, 0.05) is 18.7 Å². The van der Waals surface area contributed by atoms with Gasteiger partial charge in [-0.15, -0.1) is 0 Å². The van der Waals surface area contributed by atoms with Gasteiger partial charge in [-0.1, -0.05) is 19.1 Å². The lowest BCUT2D eigenvalue weighted by Gasteiger charge is -2.16. The topological polar surface area (TPSA) is 67.1 Å². The number of anilines is 2. The highest BCUT2D eigenvalue weighted by atomic mass is 19.4. The number of halogens is 3. The van der Waals surface area contributed by atoms with Gasteiger partial charge in [0.15, 0.2) is 0 Å². The van der Waals surface area contributed by atoms with Crippen LogP contribution in [0.25, 0.3) is 0 Å². The number of amides is 1. The summed E-state index contributed by atoms with van der Waals surface area (Å²) in [7, 11) is 0. The Kier molecular flexibility index (Phi) is 6.03. The van der Waals surface area contributed by atoms with Crippen LogP contribution in [0.2, 0.25) is 0 Å². The van der Waals surface area contributed by atoms with Crippen LogP contribution in [0.15, 0.2) is 42.5 Å². The molecule has 0 bridgehead atoms. The summed E-state index contributed by atoms with van der Waals surface area (Å²) in [6, 6.07) is 9.84. The van der Waals surface area contributed by atoms with Crippen molar-refractivity contribution in [2.75, 3.05) is 17.2 Å². The molecule has 2 rings (SSSR count). The first-order chi connectivity index (χ1) is 11.8. The van der Waals surface area contributed by atoms with Crippen molar-refractivity contribution in [3.8, 4) is 0 Å². The predicted molar refractivity (Wildman–Crippen MR) is 92.5 cm³/mol. The minimum absolute atomic E-state index is 0.0937. The van der Waals surface area contributed by atoms with Crippen LogP contribution in [0, 0.1) is 0 Å². The number of carbonyl (C=O) groups is 1. The summed E-state index contributed by atoms with van der Waals surface area (Å²) in [6.45, 7) is 2.87. The van der Waals surface area contributed by atoms with Gasteiger partial charge in [-0.3, -0.25) is 4.79 Å². The van der Waals surface area contributed by atoms with Gasteiger partial charge in [0.05, 0.1) is 16.9 Å². The maximum atomic E-state index is 13.0. The number of nitrogens with two attached hydrogens (primary N) is 1. The summed E-state index contributed by atoms with van der Waals surface area (Å²) >= 11 is 0. The summed E-state index contributed by atoms with van der Waals surface area (Å²) in [4.78, 5) is 12.3. The van der Waals surface area contributed by atoms with Crippen molar-refractivity contribution >= 4 is 17.3 Å². The Balaban J connectivity index is 2.28. The Morgan fingerprint density at radius 1 is 1.08 bits per heavy atom. The smallest absolute Gasteiger partial charge is 0.383 e. The van der Waals surface area contributed by atoms with Gasteiger partial charge in [0.2, 0.25) is 0 Å². The quantitative estimate of drug-likeness (QED) is 0.729. The lowest BCUT2D eigenvalue weighted by molar-refractivity contribution is -0.137. The van der Waals surface area contributed by atoms with E-state index in [1.807, 2.05) is 6.92 Å². The van der Waals surface area contributed by atoms with Crippen LogP contribution in [0.5, 0.6) is 0 Å². The van der Waals surface area contributed by atoms with Gasteiger partial charge in [-0.05, 0) is 42.3 Å². The molecule has 0 aromatic heterocycles. The average Bonchev–Trinajstić information content (AvgIpc) is 2.59. The fourth-order valence-electron chi connectivity index (χ4n) is 2.22. The zero-order chi connectivity index (χ0) is 18.4. The van der Waals surface area contributed by atoms with Crippen LogP contribution >= 0.6 is 0 Å². The number of benzene rings is 2. The molecule has 4 N–H and O–H groups in total. The highest BCUT2D eigenvalue weighted by molar-refractivity contribution is 6.06. The minimum Gasteiger partial charge on any atom is -0.383 e. The third-order valence-corrected chi connectivity index (χ3v) is 3.61. The Bertz CT molecular complexity index is 727. The van der Waals surface area contributed by atoms with Crippen molar-refractivity contribution < 1.29 is 18.0 Å². The number of carbonyl (C=O) groups excluding carboxylic acids is 1. The fraction of sp³-hybridized carbons (Fsp3) is 0.278. The first-order valence-corrected chi connectivity index (χ1v) is 7.90. The molecule has 0 unspecified atom stereocenters. The molecule has 0 heterocycles. The minimum atomic E-state index is -4.48. The lowest BCUT2D eigenvalue weighted by Crippen LogP contribution is -2.15. The molecule has 134 valence electrons. The SMILES string of the molecule is CCCNc1ccc(C(F)(F)F)cc1NC(=O)c1ccc(CN)cc1. The molecule has 0 spiro atoms. The zero-order valence-electron chi connectivity index (χ0n) is 13.8. The van der Waals surface area contributed by atoms with E-state index in [1.165, 1.54) is 6.07 Å². The molecule has 0 saturated heterocycles. The van der Waals surface area contributed by atoms with E-state index >= 15 is 0 Å². The highest BCUT2D eigenvalue weighted by Gasteiger charge is 2.31. The average molecular weight is 351 g/mol. The monoisotopic (exact) mass is 351 g/mol. The van der Waals surface area contributed by atoms with Crippen molar-refractivity contribution in [2.45, 2.75) is 26.1 Å². The van der Waals surface area contributed by atoms with Crippen molar-refractivity contribution in [2.24, 2.45) is 5.73 Å². The van der Waals surface area contributed by atoms with Crippen LogP contribution in [-0.4, -0.2) is 12.5 Å². The van der Waals surface area contributed by atoms with Crippen LogP contribution in [0.1, 0.15) is 34.8 Å². The molecular weight excluding hydrogens is 331 g/mol. The number of rotatable bonds is 6. The number of hydrogen-bond donors (Lipinski definition) is 3. The van der Waals surface area contributed by atoms with E-state index in [0.29, 0.717) is 24.3 Å². The van der Waals surface area contributed by atoms with Crippen LogP contribution in [-0.2, 0) is 12.7 Å². The molecule has 2 aromatic rings. The fourth-order valence-corrected chi connectivity index (χ4v) is 2.22. The standard InChI is InChI=1S/C18H20F3N3O/c1-2-9-23-15-8-7-14(18(19,20)21)10-16(15)24-17(25)13-5-3-12(11-22)4-6-13/h3-8,10,23H,2,9,11,22H2,1H3,(H,24,25). The molecule has 0 radical (unpaired) electrons. The first-order valence-electron chi connectivity index (χ1n) is 7.90. The van der Waals surface area contributed by atoms with Crippen LogP contribution in [0.3, 0.4) is 0 Å².